The second-order valence-electron chi connectivity index (χ2n) is 2.56. The molecule has 0 spiro atoms. The summed E-state index contributed by atoms with van der Waals surface area (Å²) in [5.41, 5.74) is 0. The van der Waals surface area contributed by atoms with Crippen LogP contribution in [0, 0.1) is 0 Å². The molecular formula is C9H23N. The summed E-state index contributed by atoms with van der Waals surface area (Å²) in [7, 11) is 3.75. The molecule has 1 nitrogen and oxygen atoms in total. The van der Waals surface area contributed by atoms with Crippen molar-refractivity contribution in [2.45, 2.75) is 46.0 Å². The van der Waals surface area contributed by atoms with E-state index in [0.717, 1.165) is 0 Å². The smallest absolute Gasteiger partial charge is 0.0167 e. The predicted octanol–water partition coefficient (Wildman–Crippen LogP) is 2.81. The van der Waals surface area contributed by atoms with Crippen molar-refractivity contribution in [2.24, 2.45) is 0 Å². The molecule has 0 aliphatic carbocycles. The average molecular weight is 145 g/mol. The van der Waals surface area contributed by atoms with Crippen LogP contribution in [-0.2, 0) is 0 Å². The molecule has 0 unspecified atom stereocenters. The van der Waals surface area contributed by atoms with Gasteiger partial charge in [-0.25, -0.2) is 0 Å². The highest BCUT2D eigenvalue weighted by molar-refractivity contribution is 4.35. The molecule has 0 aliphatic heterocycles. The Balaban J connectivity index is 0. The molecule has 10 heavy (non-hydrogen) atoms. The second kappa shape index (κ2) is 16.0. The maximum atomic E-state index is 2.75. The summed E-state index contributed by atoms with van der Waals surface area (Å²) >= 11 is 0. The van der Waals surface area contributed by atoms with Gasteiger partial charge in [-0.15, -0.1) is 0 Å². The van der Waals surface area contributed by atoms with Gasteiger partial charge in [0.15, 0.2) is 0 Å². The first-order valence-corrected chi connectivity index (χ1v) is 4.41. The lowest BCUT2D eigenvalue weighted by atomic mass is 10.2. The zero-order chi connectivity index (χ0) is 8.24. The van der Waals surface area contributed by atoms with E-state index in [4.69, 9.17) is 0 Å². The van der Waals surface area contributed by atoms with E-state index in [1.54, 1.807) is 0 Å². The highest BCUT2D eigenvalue weighted by atomic mass is 14.7. The van der Waals surface area contributed by atoms with Crippen molar-refractivity contribution in [3.05, 3.63) is 0 Å². The van der Waals surface area contributed by atoms with Gasteiger partial charge < -0.3 is 5.32 Å². The number of rotatable bonds is 4. The van der Waals surface area contributed by atoms with Crippen LogP contribution in [-0.4, -0.2) is 14.1 Å². The molecule has 0 aromatic rings. The normalized spacial score (nSPS) is 8.40. The van der Waals surface area contributed by atoms with Crippen LogP contribution in [0.1, 0.15) is 46.0 Å². The van der Waals surface area contributed by atoms with Gasteiger partial charge in [0.2, 0.25) is 0 Å². The Bertz CT molecular complexity index is 31.7. The van der Waals surface area contributed by atoms with Crippen LogP contribution in [0.25, 0.3) is 0 Å². The van der Waals surface area contributed by atoms with Gasteiger partial charge in [0.1, 0.15) is 0 Å². The third-order valence-electron chi connectivity index (χ3n) is 1.21. The van der Waals surface area contributed by atoms with Crippen molar-refractivity contribution >= 4 is 0 Å². The Morgan fingerprint density at radius 1 is 0.800 bits per heavy atom. The molecule has 0 aromatic carbocycles. The minimum absolute atomic E-state index is 1.36. The molecule has 0 fully saturated rings. The van der Waals surface area contributed by atoms with Crippen LogP contribution < -0.4 is 5.32 Å². The van der Waals surface area contributed by atoms with Crippen LogP contribution >= 0.6 is 0 Å². The van der Waals surface area contributed by atoms with Crippen LogP contribution in [0.4, 0.5) is 0 Å². The minimum Gasteiger partial charge on any atom is -0.323 e. The molecule has 0 atom stereocenters. The summed E-state index contributed by atoms with van der Waals surface area (Å²) in [5, 5.41) is 2.75. The van der Waals surface area contributed by atoms with E-state index in [-0.39, 0.29) is 0 Å². The third-order valence-corrected chi connectivity index (χ3v) is 1.21. The van der Waals surface area contributed by atoms with E-state index in [1.807, 2.05) is 14.1 Å². The summed E-state index contributed by atoms with van der Waals surface area (Å²) in [6, 6.07) is 0. The summed E-state index contributed by atoms with van der Waals surface area (Å²) in [6.07, 6.45) is 7.01. The molecule has 1 N–H and O–H groups in total. The van der Waals surface area contributed by atoms with Gasteiger partial charge in [0, 0.05) is 0 Å². The van der Waals surface area contributed by atoms with Gasteiger partial charge in [0.25, 0.3) is 0 Å². The second-order valence-corrected chi connectivity index (χ2v) is 2.56. The molecule has 0 radical (unpaired) electrons. The highest BCUT2D eigenvalue weighted by Gasteiger charge is 1.80. The van der Waals surface area contributed by atoms with E-state index < -0.39 is 0 Å². The average Bonchev–Trinajstić information content (AvgIpc) is 1.91. The maximum absolute atomic E-state index is 2.75. The Morgan fingerprint density at radius 2 is 1.10 bits per heavy atom. The van der Waals surface area contributed by atoms with Crippen LogP contribution in [0.15, 0.2) is 0 Å². The Kier molecular flexibility index (Phi) is 20.2. The van der Waals surface area contributed by atoms with Gasteiger partial charge in [-0.3, -0.25) is 0 Å². The van der Waals surface area contributed by atoms with Gasteiger partial charge in [-0.05, 0) is 14.1 Å². The van der Waals surface area contributed by atoms with Crippen LogP contribution in [0.2, 0.25) is 0 Å². The Labute approximate surface area is 66.2 Å². The minimum atomic E-state index is 1.36. The van der Waals surface area contributed by atoms with Crippen molar-refractivity contribution in [1.29, 1.82) is 0 Å². The third kappa shape index (κ3) is 24.6. The molecule has 0 aliphatic rings. The lowest BCUT2D eigenvalue weighted by Gasteiger charge is -1.90. The fourth-order valence-electron chi connectivity index (χ4n) is 0.677. The quantitative estimate of drug-likeness (QED) is 0.600. The Hall–Kier alpha value is -0.0400. The number of hydrogen-bond donors (Lipinski definition) is 1. The van der Waals surface area contributed by atoms with Crippen molar-refractivity contribution in [3.8, 4) is 0 Å². The molecule has 0 aromatic heterocycles. The molecule has 1 heteroatoms. The molecular weight excluding hydrogens is 122 g/mol. The number of unbranched alkanes of at least 4 members (excludes halogenated alkanes) is 4. The van der Waals surface area contributed by atoms with E-state index in [1.165, 1.54) is 32.1 Å². The first-order valence-electron chi connectivity index (χ1n) is 4.41. The van der Waals surface area contributed by atoms with Crippen molar-refractivity contribution in [2.75, 3.05) is 14.1 Å². The number of hydrogen-bond acceptors (Lipinski definition) is 1. The van der Waals surface area contributed by atoms with Crippen LogP contribution in [0.3, 0.4) is 0 Å². The zero-order valence-corrected chi connectivity index (χ0v) is 8.04. The van der Waals surface area contributed by atoms with Gasteiger partial charge >= 0.3 is 0 Å². The van der Waals surface area contributed by atoms with Crippen LogP contribution in [0.5, 0.6) is 0 Å². The molecule has 0 bridgehead atoms. The monoisotopic (exact) mass is 145 g/mol. The molecule has 0 rings (SSSR count). The fraction of sp³-hybridized carbons (Fsp3) is 1.00. The summed E-state index contributed by atoms with van der Waals surface area (Å²) in [4.78, 5) is 0. The fourth-order valence-corrected chi connectivity index (χ4v) is 0.677. The van der Waals surface area contributed by atoms with Gasteiger partial charge in [-0.2, -0.15) is 0 Å². The van der Waals surface area contributed by atoms with Gasteiger partial charge in [-0.1, -0.05) is 46.0 Å². The number of nitrogens with one attached hydrogen (secondary N) is 1. The van der Waals surface area contributed by atoms with Gasteiger partial charge in [0.05, 0.1) is 0 Å². The van der Waals surface area contributed by atoms with Crippen molar-refractivity contribution in [3.63, 3.8) is 0 Å². The highest BCUT2D eigenvalue weighted by Crippen LogP contribution is 2.00. The lowest BCUT2D eigenvalue weighted by Crippen LogP contribution is -1.89. The molecule has 64 valence electrons. The molecule has 0 amide bonds. The van der Waals surface area contributed by atoms with E-state index in [9.17, 15) is 0 Å². The zero-order valence-electron chi connectivity index (χ0n) is 8.04. The first-order chi connectivity index (χ1) is 4.83. The largest absolute Gasteiger partial charge is 0.323 e. The Morgan fingerprint density at radius 3 is 1.30 bits per heavy atom. The standard InChI is InChI=1S/C7H16.C2H7N/c1-3-5-7-6-4-2;1-3-2/h3-7H2,1-2H3;3H,1-2H3. The SMILES string of the molecule is CCCCCCC.CNC. The van der Waals surface area contributed by atoms with Crippen molar-refractivity contribution in [1.82, 2.24) is 5.32 Å². The molecule has 0 saturated heterocycles. The molecule has 0 saturated carbocycles. The summed E-state index contributed by atoms with van der Waals surface area (Å²) < 4.78 is 0. The van der Waals surface area contributed by atoms with Crippen molar-refractivity contribution < 1.29 is 0 Å². The maximum Gasteiger partial charge on any atom is -0.0167 e. The van der Waals surface area contributed by atoms with E-state index in [2.05, 4.69) is 19.2 Å². The summed E-state index contributed by atoms with van der Waals surface area (Å²) in [6.45, 7) is 4.49. The molecule has 0 heterocycles. The van der Waals surface area contributed by atoms with E-state index >= 15 is 0 Å². The predicted molar refractivity (Wildman–Crippen MR) is 49.4 cm³/mol. The first kappa shape index (κ1) is 12.6. The topological polar surface area (TPSA) is 12.0 Å². The summed E-state index contributed by atoms with van der Waals surface area (Å²) in [5.74, 6) is 0. The van der Waals surface area contributed by atoms with E-state index in [0.29, 0.717) is 0 Å². The lowest BCUT2D eigenvalue weighted by molar-refractivity contribution is 0.656.